The predicted molar refractivity (Wildman–Crippen MR) is 71.5 cm³/mol. The number of ketones is 1. The molecule has 3 rings (SSSR count). The third-order valence-corrected chi connectivity index (χ3v) is 3.40. The van der Waals surface area contributed by atoms with Gasteiger partial charge in [0.15, 0.2) is 11.4 Å². The fourth-order valence-corrected chi connectivity index (χ4v) is 2.32. The van der Waals surface area contributed by atoms with Gasteiger partial charge in [-0.05, 0) is 17.7 Å². The van der Waals surface area contributed by atoms with E-state index in [9.17, 15) is 9.59 Å². The van der Waals surface area contributed by atoms with Crippen LogP contribution in [-0.2, 0) is 25.7 Å². The lowest BCUT2D eigenvalue weighted by Gasteiger charge is -2.24. The lowest BCUT2D eigenvalue weighted by molar-refractivity contribution is -0.143. The van der Waals surface area contributed by atoms with E-state index in [-0.39, 0.29) is 17.5 Å². The van der Waals surface area contributed by atoms with Gasteiger partial charge >= 0.3 is 5.97 Å². The van der Waals surface area contributed by atoms with Crippen LogP contribution >= 0.6 is 0 Å². The smallest absolute Gasteiger partial charge is 0.307 e. The van der Waals surface area contributed by atoms with E-state index in [2.05, 4.69) is 0 Å². The second-order valence-electron chi connectivity index (χ2n) is 4.91. The predicted octanol–water partition coefficient (Wildman–Crippen LogP) is 2.30. The van der Waals surface area contributed by atoms with Crippen LogP contribution in [0.3, 0.4) is 0 Å². The van der Waals surface area contributed by atoms with Crippen LogP contribution in [0.25, 0.3) is 0 Å². The molecule has 4 heteroatoms. The molecule has 1 aromatic rings. The minimum Gasteiger partial charge on any atom is -0.485 e. The Kier molecular flexibility index (Phi) is 3.14. The number of esters is 1. The molecule has 102 valence electrons. The Morgan fingerprint density at radius 2 is 2.00 bits per heavy atom. The topological polar surface area (TPSA) is 52.6 Å². The van der Waals surface area contributed by atoms with Gasteiger partial charge in [-0.1, -0.05) is 30.3 Å². The molecule has 2 aliphatic rings. The first-order valence-electron chi connectivity index (χ1n) is 6.52. The molecule has 20 heavy (non-hydrogen) atoms. The van der Waals surface area contributed by atoms with Gasteiger partial charge in [-0.15, -0.1) is 0 Å². The van der Waals surface area contributed by atoms with Crippen LogP contribution in [0.4, 0.5) is 0 Å². The second kappa shape index (κ2) is 4.96. The van der Waals surface area contributed by atoms with Crippen LogP contribution < -0.4 is 0 Å². The summed E-state index contributed by atoms with van der Waals surface area (Å²) in [6.45, 7) is 0.316. The first-order valence-corrected chi connectivity index (χ1v) is 6.52. The Morgan fingerprint density at radius 3 is 2.70 bits per heavy atom. The number of hydrogen-bond acceptors (Lipinski definition) is 4. The number of allylic oxidation sites excluding steroid dienone is 1. The molecule has 1 heterocycles. The molecule has 4 nitrogen and oxygen atoms in total. The zero-order chi connectivity index (χ0) is 14.0. The molecule has 1 aliphatic heterocycles. The van der Waals surface area contributed by atoms with Gasteiger partial charge < -0.3 is 9.47 Å². The summed E-state index contributed by atoms with van der Waals surface area (Å²) >= 11 is 0. The lowest BCUT2D eigenvalue weighted by Crippen LogP contribution is -2.28. The van der Waals surface area contributed by atoms with E-state index in [1.54, 1.807) is 12.2 Å². The van der Waals surface area contributed by atoms with Crippen LogP contribution in [0.5, 0.6) is 0 Å². The molecule has 1 saturated heterocycles. The number of hydrogen-bond donors (Lipinski definition) is 0. The number of rotatable bonds is 3. The fraction of sp³-hybridized carbons (Fsp3) is 0.250. The molecule has 1 aromatic carbocycles. The van der Waals surface area contributed by atoms with Crippen LogP contribution in [0.15, 0.2) is 54.3 Å². The average Bonchev–Trinajstić information content (AvgIpc) is 2.82. The molecule has 0 aromatic heterocycles. The Bertz CT molecular complexity index is 600. The maximum Gasteiger partial charge on any atom is 0.307 e. The zero-order valence-corrected chi connectivity index (χ0v) is 10.9. The van der Waals surface area contributed by atoms with Crippen molar-refractivity contribution in [3.05, 3.63) is 59.9 Å². The third kappa shape index (κ3) is 2.50. The zero-order valence-electron chi connectivity index (χ0n) is 10.9. The van der Waals surface area contributed by atoms with Crippen molar-refractivity contribution in [1.82, 2.24) is 0 Å². The summed E-state index contributed by atoms with van der Waals surface area (Å²) in [6.07, 6.45) is 5.58. The number of carbonyl (C=O) groups excluding carboxylic acids is 2. The first kappa shape index (κ1) is 12.7. The molecule has 0 saturated carbocycles. The van der Waals surface area contributed by atoms with Gasteiger partial charge in [0.25, 0.3) is 0 Å². The number of ether oxygens (including phenoxy) is 2. The van der Waals surface area contributed by atoms with Crippen molar-refractivity contribution in [2.45, 2.75) is 25.0 Å². The Morgan fingerprint density at radius 1 is 1.20 bits per heavy atom. The van der Waals surface area contributed by atoms with Gasteiger partial charge in [0.05, 0.1) is 6.42 Å². The van der Waals surface area contributed by atoms with Crippen molar-refractivity contribution in [3.8, 4) is 0 Å². The lowest BCUT2D eigenvalue weighted by atomic mass is 9.93. The Hall–Kier alpha value is -2.36. The maximum absolute atomic E-state index is 11.8. The van der Waals surface area contributed by atoms with E-state index in [4.69, 9.17) is 9.47 Å². The van der Waals surface area contributed by atoms with Gasteiger partial charge in [0.2, 0.25) is 5.78 Å². The molecule has 1 fully saturated rings. The SMILES string of the molecule is O=C1CCC2(C=CC(=O)C(OCc3ccccc3)=C2)O1. The fourth-order valence-electron chi connectivity index (χ4n) is 2.32. The summed E-state index contributed by atoms with van der Waals surface area (Å²) < 4.78 is 10.9. The van der Waals surface area contributed by atoms with Crippen LogP contribution in [0.2, 0.25) is 0 Å². The molecule has 1 unspecified atom stereocenters. The van der Waals surface area contributed by atoms with E-state index in [1.807, 2.05) is 30.3 Å². The molecule has 1 atom stereocenters. The normalized spacial score (nSPS) is 24.7. The largest absolute Gasteiger partial charge is 0.485 e. The highest BCUT2D eigenvalue weighted by molar-refractivity contribution is 6.04. The molecule has 1 aliphatic carbocycles. The summed E-state index contributed by atoms with van der Waals surface area (Å²) in [4.78, 5) is 23.1. The van der Waals surface area contributed by atoms with E-state index in [0.717, 1.165) is 5.56 Å². The molecule has 1 spiro atoms. The molecular formula is C16H14O4. The summed E-state index contributed by atoms with van der Waals surface area (Å²) in [5, 5.41) is 0. The van der Waals surface area contributed by atoms with Gasteiger partial charge in [-0.25, -0.2) is 0 Å². The van der Waals surface area contributed by atoms with Crippen molar-refractivity contribution in [2.24, 2.45) is 0 Å². The highest BCUT2D eigenvalue weighted by Crippen LogP contribution is 2.33. The molecule has 0 N–H and O–H groups in total. The third-order valence-electron chi connectivity index (χ3n) is 3.40. The standard InChI is InChI=1S/C16H14O4/c17-13-6-8-16(9-7-15(18)20-16)10-14(13)19-11-12-4-2-1-3-5-12/h1-6,8,10H,7,9,11H2. The van der Waals surface area contributed by atoms with E-state index < -0.39 is 5.60 Å². The summed E-state index contributed by atoms with van der Waals surface area (Å²) in [5.41, 5.74) is 0.185. The van der Waals surface area contributed by atoms with Crippen molar-refractivity contribution in [1.29, 1.82) is 0 Å². The maximum atomic E-state index is 11.8. The minimum atomic E-state index is -0.795. The number of benzene rings is 1. The van der Waals surface area contributed by atoms with E-state index >= 15 is 0 Å². The molecular weight excluding hydrogens is 256 g/mol. The van der Waals surface area contributed by atoms with Crippen molar-refractivity contribution in [3.63, 3.8) is 0 Å². The minimum absolute atomic E-state index is 0.200. The number of carbonyl (C=O) groups is 2. The Balaban J connectivity index is 1.74. The highest BCUT2D eigenvalue weighted by Gasteiger charge is 2.39. The highest BCUT2D eigenvalue weighted by atomic mass is 16.6. The second-order valence-corrected chi connectivity index (χ2v) is 4.91. The molecule has 0 radical (unpaired) electrons. The average molecular weight is 270 g/mol. The molecule has 0 amide bonds. The van der Waals surface area contributed by atoms with Crippen LogP contribution in [0.1, 0.15) is 18.4 Å². The van der Waals surface area contributed by atoms with Crippen LogP contribution in [-0.4, -0.2) is 17.4 Å². The monoisotopic (exact) mass is 270 g/mol. The van der Waals surface area contributed by atoms with Crippen molar-refractivity contribution < 1.29 is 19.1 Å². The van der Waals surface area contributed by atoms with Gasteiger partial charge in [-0.2, -0.15) is 0 Å². The van der Waals surface area contributed by atoms with Gasteiger partial charge in [0, 0.05) is 12.5 Å². The summed E-state index contributed by atoms with van der Waals surface area (Å²) in [5.74, 6) is -0.205. The van der Waals surface area contributed by atoms with Crippen molar-refractivity contribution >= 4 is 11.8 Å². The van der Waals surface area contributed by atoms with E-state index in [1.165, 1.54) is 6.08 Å². The Labute approximate surface area is 116 Å². The summed E-state index contributed by atoms with van der Waals surface area (Å²) in [6, 6.07) is 9.60. The quantitative estimate of drug-likeness (QED) is 0.791. The van der Waals surface area contributed by atoms with Crippen LogP contribution in [0, 0.1) is 0 Å². The van der Waals surface area contributed by atoms with E-state index in [0.29, 0.717) is 19.4 Å². The summed E-state index contributed by atoms with van der Waals surface area (Å²) in [7, 11) is 0. The molecule has 0 bridgehead atoms. The first-order chi connectivity index (χ1) is 9.67. The van der Waals surface area contributed by atoms with Gasteiger partial charge in [0.1, 0.15) is 6.61 Å². The van der Waals surface area contributed by atoms with Crippen molar-refractivity contribution in [2.75, 3.05) is 0 Å². The van der Waals surface area contributed by atoms with Gasteiger partial charge in [-0.3, -0.25) is 9.59 Å².